The standard InChI is InChI=1S/C7H19NO4Si/c9-3-5-11-8(2-1-7-13)12-6-4-10/h9-10H,1-7H2,13H3. The maximum absolute atomic E-state index is 8.52. The molecule has 0 aromatic carbocycles. The van der Waals surface area contributed by atoms with Crippen LogP contribution in [0.2, 0.25) is 6.04 Å². The zero-order chi connectivity index (χ0) is 9.94. The first-order chi connectivity index (χ1) is 6.35. The fourth-order valence-electron chi connectivity index (χ4n) is 0.739. The minimum atomic E-state index is -0.0279. The van der Waals surface area contributed by atoms with E-state index in [1.807, 2.05) is 0 Å². The Hall–Kier alpha value is 0.0169. The third-order valence-electron chi connectivity index (χ3n) is 1.35. The molecule has 0 saturated carbocycles. The van der Waals surface area contributed by atoms with Gasteiger partial charge in [-0.3, -0.25) is 9.68 Å². The van der Waals surface area contributed by atoms with E-state index in [4.69, 9.17) is 19.9 Å². The Balaban J connectivity index is 3.47. The highest BCUT2D eigenvalue weighted by Crippen LogP contribution is 1.96. The lowest BCUT2D eigenvalue weighted by molar-refractivity contribution is -0.371. The Bertz CT molecular complexity index is 87.5. The van der Waals surface area contributed by atoms with Crippen LogP contribution in [0, 0.1) is 0 Å². The largest absolute Gasteiger partial charge is 0.394 e. The molecule has 0 fully saturated rings. The smallest absolute Gasteiger partial charge is 0.0942 e. The van der Waals surface area contributed by atoms with Gasteiger partial charge in [-0.25, -0.2) is 0 Å². The van der Waals surface area contributed by atoms with Crippen LogP contribution in [-0.2, 0) is 9.68 Å². The monoisotopic (exact) mass is 209 g/mol. The number of hydrogen-bond donors (Lipinski definition) is 2. The summed E-state index contributed by atoms with van der Waals surface area (Å²) in [5.74, 6) is 0. The van der Waals surface area contributed by atoms with Gasteiger partial charge in [-0.15, -0.1) is 0 Å². The van der Waals surface area contributed by atoms with Crippen LogP contribution < -0.4 is 0 Å². The molecule has 0 amide bonds. The molecular formula is C7H19NO4Si. The van der Waals surface area contributed by atoms with Crippen molar-refractivity contribution in [3.8, 4) is 0 Å². The van der Waals surface area contributed by atoms with E-state index in [0.29, 0.717) is 6.54 Å². The first kappa shape index (κ1) is 13.0. The van der Waals surface area contributed by atoms with E-state index < -0.39 is 0 Å². The van der Waals surface area contributed by atoms with E-state index in [1.54, 1.807) is 0 Å². The second-order valence-corrected chi connectivity index (χ2v) is 3.52. The van der Waals surface area contributed by atoms with Crippen LogP contribution in [0.5, 0.6) is 0 Å². The molecule has 0 aromatic rings. The van der Waals surface area contributed by atoms with Crippen molar-refractivity contribution < 1.29 is 19.9 Å². The van der Waals surface area contributed by atoms with Gasteiger partial charge < -0.3 is 10.2 Å². The molecular weight excluding hydrogens is 190 g/mol. The lowest BCUT2D eigenvalue weighted by Crippen LogP contribution is -2.28. The van der Waals surface area contributed by atoms with E-state index >= 15 is 0 Å². The number of hydroxylamine groups is 2. The predicted molar refractivity (Wildman–Crippen MR) is 52.1 cm³/mol. The molecule has 80 valence electrons. The maximum Gasteiger partial charge on any atom is 0.0942 e. The second-order valence-electron chi connectivity index (χ2n) is 2.52. The molecule has 0 atom stereocenters. The van der Waals surface area contributed by atoms with Gasteiger partial charge >= 0.3 is 0 Å². The zero-order valence-electron chi connectivity index (χ0n) is 8.11. The topological polar surface area (TPSA) is 62.2 Å². The minimum absolute atomic E-state index is 0.0279. The Morgan fingerprint density at radius 3 is 2.00 bits per heavy atom. The summed E-state index contributed by atoms with van der Waals surface area (Å²) in [7, 11) is 1.17. The molecule has 0 aromatic heterocycles. The number of rotatable bonds is 9. The van der Waals surface area contributed by atoms with Gasteiger partial charge in [-0.05, 0) is 6.42 Å². The molecule has 0 saturated heterocycles. The molecule has 0 bridgehead atoms. The van der Waals surface area contributed by atoms with Crippen LogP contribution in [0.15, 0.2) is 0 Å². The second kappa shape index (κ2) is 10.1. The van der Waals surface area contributed by atoms with Crippen molar-refractivity contribution in [3.05, 3.63) is 0 Å². The van der Waals surface area contributed by atoms with Gasteiger partial charge in [-0.1, -0.05) is 11.3 Å². The summed E-state index contributed by atoms with van der Waals surface area (Å²) in [5, 5.41) is 18.4. The molecule has 0 aliphatic rings. The molecule has 13 heavy (non-hydrogen) atoms. The third-order valence-corrected chi connectivity index (χ3v) is 2.05. The molecule has 0 rings (SSSR count). The first-order valence-electron chi connectivity index (χ1n) is 4.60. The molecule has 5 nitrogen and oxygen atoms in total. The molecule has 2 N–H and O–H groups in total. The van der Waals surface area contributed by atoms with Crippen molar-refractivity contribution in [2.75, 3.05) is 33.0 Å². The first-order valence-corrected chi connectivity index (χ1v) is 6.01. The van der Waals surface area contributed by atoms with Crippen LogP contribution in [0.25, 0.3) is 0 Å². The van der Waals surface area contributed by atoms with E-state index in [9.17, 15) is 0 Å². The lowest BCUT2D eigenvalue weighted by atomic mass is 10.5. The summed E-state index contributed by atoms with van der Waals surface area (Å²) in [6.07, 6.45) is 1.02. The van der Waals surface area contributed by atoms with Gasteiger partial charge in [0.15, 0.2) is 0 Å². The highest BCUT2D eigenvalue weighted by Gasteiger charge is 2.03. The van der Waals surface area contributed by atoms with Gasteiger partial charge in [0.25, 0.3) is 0 Å². The normalized spacial score (nSPS) is 11.3. The summed E-state index contributed by atoms with van der Waals surface area (Å²) in [5.41, 5.74) is 0. The summed E-state index contributed by atoms with van der Waals surface area (Å²) in [6, 6.07) is 1.18. The van der Waals surface area contributed by atoms with Crippen molar-refractivity contribution in [1.82, 2.24) is 5.23 Å². The fraction of sp³-hybridized carbons (Fsp3) is 1.00. The maximum atomic E-state index is 8.52. The van der Waals surface area contributed by atoms with E-state index in [1.165, 1.54) is 21.5 Å². The molecule has 0 spiro atoms. The van der Waals surface area contributed by atoms with Gasteiger partial charge in [0, 0.05) is 10.2 Å². The zero-order valence-corrected chi connectivity index (χ0v) is 10.1. The summed E-state index contributed by atoms with van der Waals surface area (Å²) >= 11 is 0. The van der Waals surface area contributed by atoms with Crippen LogP contribution in [-0.4, -0.2) is 58.7 Å². The van der Waals surface area contributed by atoms with Crippen LogP contribution in [0.3, 0.4) is 0 Å². The van der Waals surface area contributed by atoms with Gasteiger partial charge in [-0.2, -0.15) is 0 Å². The molecule has 6 heteroatoms. The summed E-state index contributed by atoms with van der Waals surface area (Å²) in [6.45, 7) is 1.09. The van der Waals surface area contributed by atoms with Crippen LogP contribution in [0.1, 0.15) is 6.42 Å². The lowest BCUT2D eigenvalue weighted by Gasteiger charge is -2.19. The van der Waals surface area contributed by atoms with Crippen molar-refractivity contribution >= 4 is 10.2 Å². The van der Waals surface area contributed by atoms with Crippen molar-refractivity contribution in [2.24, 2.45) is 0 Å². The van der Waals surface area contributed by atoms with Gasteiger partial charge in [0.05, 0.1) is 33.0 Å². The van der Waals surface area contributed by atoms with E-state index in [0.717, 1.165) is 6.42 Å². The quantitative estimate of drug-likeness (QED) is 0.350. The Labute approximate surface area is 81.6 Å². The van der Waals surface area contributed by atoms with E-state index in [2.05, 4.69) is 0 Å². The highest BCUT2D eigenvalue weighted by molar-refractivity contribution is 6.08. The number of hydrogen-bond acceptors (Lipinski definition) is 5. The molecule has 0 radical (unpaired) electrons. The van der Waals surface area contributed by atoms with Gasteiger partial charge in [0.2, 0.25) is 0 Å². The summed E-state index contributed by atoms with van der Waals surface area (Å²) in [4.78, 5) is 10.1. The average molecular weight is 209 g/mol. The summed E-state index contributed by atoms with van der Waals surface area (Å²) < 4.78 is 0. The van der Waals surface area contributed by atoms with Crippen molar-refractivity contribution in [2.45, 2.75) is 12.5 Å². The molecule has 0 aliphatic carbocycles. The third kappa shape index (κ3) is 8.35. The number of aliphatic hydroxyl groups is 2. The van der Waals surface area contributed by atoms with Crippen molar-refractivity contribution in [3.63, 3.8) is 0 Å². The van der Waals surface area contributed by atoms with Crippen LogP contribution in [0.4, 0.5) is 0 Å². The number of aliphatic hydroxyl groups excluding tert-OH is 2. The molecule has 0 heterocycles. The Morgan fingerprint density at radius 1 is 1.08 bits per heavy atom. The predicted octanol–water partition coefficient (Wildman–Crippen LogP) is -1.69. The fourth-order valence-corrected chi connectivity index (χ4v) is 1.06. The molecule has 0 unspecified atom stereocenters. The average Bonchev–Trinajstić information content (AvgIpc) is 2.17. The van der Waals surface area contributed by atoms with Crippen molar-refractivity contribution in [1.29, 1.82) is 0 Å². The van der Waals surface area contributed by atoms with E-state index in [-0.39, 0.29) is 26.4 Å². The van der Waals surface area contributed by atoms with Gasteiger partial charge in [0.1, 0.15) is 0 Å². The Kier molecular flexibility index (Phi) is 10.1. The Morgan fingerprint density at radius 2 is 1.62 bits per heavy atom. The highest BCUT2D eigenvalue weighted by atomic mass is 28.1. The van der Waals surface area contributed by atoms with Crippen LogP contribution >= 0.6 is 0 Å². The minimum Gasteiger partial charge on any atom is -0.394 e. The SMILES string of the molecule is OCCON(CCC[SiH3])OCCO. The number of nitrogens with zero attached hydrogens (tertiary/aromatic N) is 1. The molecule has 0 aliphatic heterocycles.